The highest BCUT2D eigenvalue weighted by Crippen LogP contribution is 2.67. The fraction of sp³-hybridized carbons (Fsp3) is 0.0323. The van der Waals surface area contributed by atoms with E-state index in [0.29, 0.717) is 0 Å². The maximum Gasteiger partial charge on any atom is 0.137 e. The summed E-state index contributed by atoms with van der Waals surface area (Å²) >= 11 is 0. The first-order chi connectivity index (χ1) is 32.8. The van der Waals surface area contributed by atoms with Crippen LogP contribution in [0.2, 0.25) is 0 Å². The molecule has 66 heavy (non-hydrogen) atoms. The number of nitrogens with zero attached hydrogens (tertiary/aromatic N) is 1. The summed E-state index contributed by atoms with van der Waals surface area (Å²) in [5, 5.41) is 2.13. The Balaban J connectivity index is 1.10. The highest BCUT2D eigenvalue weighted by atomic mass is 16.5. The fourth-order valence-corrected chi connectivity index (χ4v) is 12.5. The van der Waals surface area contributed by atoms with E-state index in [9.17, 15) is 0 Å². The predicted octanol–water partition coefficient (Wildman–Crippen LogP) is 16.0. The van der Waals surface area contributed by atoms with Crippen molar-refractivity contribution in [3.05, 3.63) is 269 Å². The van der Waals surface area contributed by atoms with Gasteiger partial charge < -0.3 is 18.8 Å². The summed E-state index contributed by atoms with van der Waals surface area (Å²) in [6, 6.07) is 81.2. The van der Waals surface area contributed by atoms with Crippen LogP contribution in [0.5, 0.6) is 23.0 Å². The van der Waals surface area contributed by atoms with Crippen molar-refractivity contribution < 1.29 is 13.9 Å². The predicted molar refractivity (Wildman–Crippen MR) is 263 cm³/mol. The molecule has 2 spiro atoms. The summed E-state index contributed by atoms with van der Waals surface area (Å²) in [5.74, 6) is 3.48. The Morgan fingerprint density at radius 3 is 1.15 bits per heavy atom. The lowest BCUT2D eigenvalue weighted by molar-refractivity contribution is 0.436. The van der Waals surface area contributed by atoms with Crippen LogP contribution >= 0.6 is 0 Å². The fourth-order valence-electron chi connectivity index (χ4n) is 12.5. The lowest BCUT2D eigenvalue weighted by Gasteiger charge is -2.40. The maximum atomic E-state index is 6.75. The normalized spacial score (nSPS) is 14.5. The molecule has 15 rings (SSSR count). The molecule has 10 aromatic carbocycles. The number of rotatable bonds is 3. The summed E-state index contributed by atoms with van der Waals surface area (Å²) in [6.07, 6.45) is 0. The van der Waals surface area contributed by atoms with E-state index in [4.69, 9.17) is 13.9 Å². The van der Waals surface area contributed by atoms with Crippen molar-refractivity contribution in [1.29, 1.82) is 0 Å². The Hall–Kier alpha value is -8.60. The Kier molecular flexibility index (Phi) is 7.05. The Morgan fingerprint density at radius 1 is 0.288 bits per heavy atom. The van der Waals surface area contributed by atoms with Crippen LogP contribution in [0.4, 0.5) is 17.1 Å². The minimum absolute atomic E-state index is 0.641. The van der Waals surface area contributed by atoms with E-state index in [0.717, 1.165) is 84.3 Å². The van der Waals surface area contributed by atoms with Crippen LogP contribution in [0.25, 0.3) is 44.2 Å². The molecule has 2 aliphatic carbocycles. The summed E-state index contributed by atoms with van der Waals surface area (Å²) in [6.45, 7) is 0. The topological polar surface area (TPSA) is 34.8 Å². The van der Waals surface area contributed by atoms with E-state index in [-0.39, 0.29) is 0 Å². The van der Waals surface area contributed by atoms with Gasteiger partial charge in [0.15, 0.2) is 0 Å². The first-order valence-electron chi connectivity index (χ1n) is 22.7. The molecule has 11 aromatic rings. The van der Waals surface area contributed by atoms with Gasteiger partial charge in [0.2, 0.25) is 0 Å². The Labute approximate surface area is 381 Å². The number of para-hydroxylation sites is 5. The number of hydrogen-bond acceptors (Lipinski definition) is 4. The van der Waals surface area contributed by atoms with Crippen molar-refractivity contribution in [2.24, 2.45) is 0 Å². The summed E-state index contributed by atoms with van der Waals surface area (Å²) < 4.78 is 20.2. The SMILES string of the molecule is c1ccc2c(c1)Oc1ccccc1C21c2ccccc2-c2c(N(c3cccc4c3-c3ccccc3C43c4ccccc4Oc4ccccc43)c3cccc4oc5ccccc5c34)cccc21. The summed E-state index contributed by atoms with van der Waals surface area (Å²) in [5.41, 5.74) is 17.8. The van der Waals surface area contributed by atoms with Crippen molar-refractivity contribution >= 4 is 39.0 Å². The third-order valence-electron chi connectivity index (χ3n) is 14.8. The monoisotopic (exact) mass is 843 g/mol. The van der Waals surface area contributed by atoms with Gasteiger partial charge in [0.05, 0.1) is 33.3 Å². The standard InChI is InChI=1S/C62H37NO3/c1-4-21-41-38(18-1)58-47(61(41)43-23-6-11-33-53(43)65-54-34-12-7-24-44(54)61)27-15-29-49(58)63(51-31-17-37-57-60(51)40-20-3-10-32-52(40)64-57)50-30-16-28-48-59(50)39-19-2-5-22-42(39)62(48)45-25-8-13-35-55(45)66-56-36-14-9-26-46(56)62/h1-37H. The van der Waals surface area contributed by atoms with E-state index in [1.165, 1.54) is 44.5 Å². The molecule has 4 aliphatic rings. The summed E-state index contributed by atoms with van der Waals surface area (Å²) in [7, 11) is 0. The maximum absolute atomic E-state index is 6.75. The number of ether oxygens (including phenoxy) is 2. The van der Waals surface area contributed by atoms with Crippen molar-refractivity contribution in [1.82, 2.24) is 0 Å². The molecule has 0 N–H and O–H groups in total. The van der Waals surface area contributed by atoms with Gasteiger partial charge in [0, 0.05) is 38.8 Å². The zero-order chi connectivity index (χ0) is 43.1. The van der Waals surface area contributed by atoms with Crippen molar-refractivity contribution in [2.45, 2.75) is 10.8 Å². The molecule has 1 aromatic heterocycles. The quantitative estimate of drug-likeness (QED) is 0.177. The molecule has 4 heteroatoms. The second-order valence-corrected chi connectivity index (χ2v) is 17.8. The minimum Gasteiger partial charge on any atom is -0.457 e. The molecule has 308 valence electrons. The van der Waals surface area contributed by atoms with Gasteiger partial charge >= 0.3 is 0 Å². The number of anilines is 3. The molecule has 0 saturated carbocycles. The minimum atomic E-state index is -0.641. The van der Waals surface area contributed by atoms with E-state index in [1.807, 2.05) is 0 Å². The van der Waals surface area contributed by atoms with Crippen LogP contribution < -0.4 is 14.4 Å². The molecule has 0 bridgehead atoms. The smallest absolute Gasteiger partial charge is 0.137 e. The molecule has 0 atom stereocenters. The molecular weight excluding hydrogens is 807 g/mol. The lowest BCUT2D eigenvalue weighted by Crippen LogP contribution is -2.32. The average Bonchev–Trinajstić information content (AvgIpc) is 4.01. The van der Waals surface area contributed by atoms with Gasteiger partial charge in [-0.05, 0) is 88.0 Å². The Bertz CT molecular complexity index is 3590. The van der Waals surface area contributed by atoms with Crippen LogP contribution in [-0.2, 0) is 10.8 Å². The van der Waals surface area contributed by atoms with Gasteiger partial charge in [-0.2, -0.15) is 0 Å². The molecular formula is C62H37NO3. The molecule has 2 aliphatic heterocycles. The summed E-state index contributed by atoms with van der Waals surface area (Å²) in [4.78, 5) is 2.54. The first-order valence-corrected chi connectivity index (χ1v) is 22.7. The van der Waals surface area contributed by atoms with Gasteiger partial charge in [-0.15, -0.1) is 0 Å². The molecule has 0 amide bonds. The van der Waals surface area contributed by atoms with Crippen LogP contribution in [0.1, 0.15) is 44.5 Å². The second-order valence-electron chi connectivity index (χ2n) is 17.8. The van der Waals surface area contributed by atoms with Crippen LogP contribution in [0, 0.1) is 0 Å². The zero-order valence-electron chi connectivity index (χ0n) is 35.5. The van der Waals surface area contributed by atoms with Crippen molar-refractivity contribution in [3.63, 3.8) is 0 Å². The number of hydrogen-bond donors (Lipinski definition) is 0. The first kappa shape index (κ1) is 35.8. The van der Waals surface area contributed by atoms with Gasteiger partial charge in [0.25, 0.3) is 0 Å². The van der Waals surface area contributed by atoms with E-state index < -0.39 is 10.8 Å². The van der Waals surface area contributed by atoms with Gasteiger partial charge in [-0.1, -0.05) is 170 Å². The molecule has 0 saturated heterocycles. The van der Waals surface area contributed by atoms with Gasteiger partial charge in [0.1, 0.15) is 34.2 Å². The second kappa shape index (κ2) is 13.0. The average molecular weight is 844 g/mol. The van der Waals surface area contributed by atoms with Crippen molar-refractivity contribution in [2.75, 3.05) is 4.90 Å². The van der Waals surface area contributed by atoms with Gasteiger partial charge in [-0.3, -0.25) is 0 Å². The van der Waals surface area contributed by atoms with Crippen LogP contribution in [0.15, 0.2) is 229 Å². The van der Waals surface area contributed by atoms with Gasteiger partial charge in [-0.25, -0.2) is 0 Å². The molecule has 0 fully saturated rings. The zero-order valence-corrected chi connectivity index (χ0v) is 35.5. The lowest BCUT2D eigenvalue weighted by atomic mass is 9.66. The Morgan fingerprint density at radius 2 is 0.652 bits per heavy atom. The van der Waals surface area contributed by atoms with Crippen LogP contribution in [-0.4, -0.2) is 0 Å². The number of fused-ring (bicyclic) bond motifs is 21. The van der Waals surface area contributed by atoms with Crippen molar-refractivity contribution in [3.8, 4) is 45.3 Å². The third-order valence-corrected chi connectivity index (χ3v) is 14.8. The molecule has 4 nitrogen and oxygen atoms in total. The molecule has 0 unspecified atom stereocenters. The van der Waals surface area contributed by atoms with E-state index >= 15 is 0 Å². The van der Waals surface area contributed by atoms with E-state index in [2.05, 4.69) is 229 Å². The molecule has 3 heterocycles. The number of benzene rings is 10. The highest BCUT2D eigenvalue weighted by Gasteiger charge is 2.54. The van der Waals surface area contributed by atoms with Crippen LogP contribution in [0.3, 0.4) is 0 Å². The number of furan rings is 1. The third kappa shape index (κ3) is 4.34. The van der Waals surface area contributed by atoms with E-state index in [1.54, 1.807) is 0 Å². The largest absolute Gasteiger partial charge is 0.457 e. The highest BCUT2D eigenvalue weighted by molar-refractivity contribution is 6.15. The molecule has 0 radical (unpaired) electrons.